The van der Waals surface area contributed by atoms with Gasteiger partial charge in [-0.2, -0.15) is 5.10 Å². The van der Waals surface area contributed by atoms with E-state index in [0.717, 1.165) is 29.2 Å². The summed E-state index contributed by atoms with van der Waals surface area (Å²) in [5.74, 6) is 0.732. The number of aliphatic imine (C=N–C) groups is 1. The molecule has 28 heavy (non-hydrogen) atoms. The fourth-order valence-corrected chi connectivity index (χ4v) is 3.16. The minimum Gasteiger partial charge on any atom is -0.357 e. The van der Waals surface area contributed by atoms with Gasteiger partial charge >= 0.3 is 0 Å². The fourth-order valence-electron chi connectivity index (χ4n) is 2.68. The number of halogens is 2. The summed E-state index contributed by atoms with van der Waals surface area (Å²) in [5, 5.41) is 12.0. The normalized spacial score (nSPS) is 11.5. The highest BCUT2D eigenvalue weighted by Crippen LogP contribution is 2.20. The van der Waals surface area contributed by atoms with Crippen molar-refractivity contribution in [1.29, 1.82) is 0 Å². The minimum absolute atomic E-state index is 0.564. The molecule has 0 amide bonds. The van der Waals surface area contributed by atoms with Gasteiger partial charge in [0.1, 0.15) is 12.7 Å². The van der Waals surface area contributed by atoms with E-state index >= 15 is 0 Å². The van der Waals surface area contributed by atoms with Crippen molar-refractivity contribution in [1.82, 2.24) is 25.4 Å². The zero-order valence-corrected chi connectivity index (χ0v) is 17.1. The molecule has 0 aliphatic rings. The van der Waals surface area contributed by atoms with Crippen LogP contribution in [0.15, 0.2) is 60.1 Å². The molecule has 1 aromatic heterocycles. The van der Waals surface area contributed by atoms with Crippen molar-refractivity contribution in [3.8, 4) is 0 Å². The van der Waals surface area contributed by atoms with Crippen LogP contribution in [0.25, 0.3) is 0 Å². The van der Waals surface area contributed by atoms with Crippen molar-refractivity contribution in [3.05, 3.63) is 81.9 Å². The summed E-state index contributed by atoms with van der Waals surface area (Å²) in [5.41, 5.74) is 3.25. The van der Waals surface area contributed by atoms with E-state index in [4.69, 9.17) is 23.2 Å². The average Bonchev–Trinajstić information content (AvgIpc) is 3.18. The summed E-state index contributed by atoms with van der Waals surface area (Å²) >= 11 is 12.2. The highest BCUT2D eigenvalue weighted by molar-refractivity contribution is 6.35. The molecule has 0 saturated heterocycles. The first-order chi connectivity index (χ1) is 13.6. The molecule has 2 N–H and O–H groups in total. The van der Waals surface area contributed by atoms with Gasteiger partial charge in [0.05, 0.1) is 13.1 Å². The van der Waals surface area contributed by atoms with Crippen LogP contribution >= 0.6 is 23.2 Å². The standard InChI is InChI=1S/C20H22Cl2N6/c1-2-24-20(26-11-17-6-7-18(21)9-19(17)22)25-10-15-4-3-5-16(8-15)12-28-14-23-13-27-28/h3-9,13-14H,2,10-12H2,1H3,(H2,24,25,26). The van der Waals surface area contributed by atoms with Crippen molar-refractivity contribution in [2.75, 3.05) is 6.54 Å². The molecule has 0 aliphatic carbocycles. The zero-order chi connectivity index (χ0) is 19.8. The lowest BCUT2D eigenvalue weighted by molar-refractivity contribution is 0.684. The van der Waals surface area contributed by atoms with Gasteiger partial charge in [0.2, 0.25) is 0 Å². The molecule has 8 heteroatoms. The second-order valence-corrected chi connectivity index (χ2v) is 7.04. The van der Waals surface area contributed by atoms with Crippen molar-refractivity contribution >= 4 is 29.2 Å². The van der Waals surface area contributed by atoms with E-state index in [1.807, 2.05) is 25.1 Å². The van der Waals surface area contributed by atoms with Gasteiger partial charge in [-0.25, -0.2) is 14.7 Å². The number of aromatic nitrogens is 3. The van der Waals surface area contributed by atoms with E-state index in [9.17, 15) is 0 Å². The second-order valence-electron chi connectivity index (χ2n) is 6.20. The van der Waals surface area contributed by atoms with Crippen LogP contribution in [-0.2, 0) is 19.6 Å². The summed E-state index contributed by atoms with van der Waals surface area (Å²) in [6.07, 6.45) is 3.25. The van der Waals surface area contributed by atoms with Crippen LogP contribution in [0.5, 0.6) is 0 Å². The number of nitrogens with zero attached hydrogens (tertiary/aromatic N) is 4. The highest BCUT2D eigenvalue weighted by Gasteiger charge is 2.04. The predicted octanol–water partition coefficient (Wildman–Crippen LogP) is 3.89. The topological polar surface area (TPSA) is 67.1 Å². The number of rotatable bonds is 7. The van der Waals surface area contributed by atoms with Crippen LogP contribution in [-0.4, -0.2) is 27.3 Å². The summed E-state index contributed by atoms with van der Waals surface area (Å²) in [6.45, 7) is 4.62. The quantitative estimate of drug-likeness (QED) is 0.452. The molecule has 1 heterocycles. The maximum Gasteiger partial charge on any atom is 0.191 e. The van der Waals surface area contributed by atoms with Gasteiger partial charge in [0.25, 0.3) is 0 Å². The van der Waals surface area contributed by atoms with E-state index in [0.29, 0.717) is 29.7 Å². The number of hydrogen-bond acceptors (Lipinski definition) is 3. The SMILES string of the molecule is CCNC(=NCc1cccc(Cn2cncn2)c1)NCc1ccc(Cl)cc1Cl. The zero-order valence-electron chi connectivity index (χ0n) is 15.6. The average molecular weight is 417 g/mol. The Balaban J connectivity index is 1.63. The Kier molecular flexibility index (Phi) is 7.28. The van der Waals surface area contributed by atoms with Crippen LogP contribution in [0.3, 0.4) is 0 Å². The van der Waals surface area contributed by atoms with Gasteiger partial charge in [0.15, 0.2) is 5.96 Å². The predicted molar refractivity (Wildman–Crippen MR) is 114 cm³/mol. The van der Waals surface area contributed by atoms with Crippen LogP contribution in [0, 0.1) is 0 Å². The fraction of sp³-hybridized carbons (Fsp3) is 0.250. The van der Waals surface area contributed by atoms with Gasteiger partial charge in [-0.3, -0.25) is 0 Å². The molecule has 0 radical (unpaired) electrons. The van der Waals surface area contributed by atoms with Crippen molar-refractivity contribution in [2.24, 2.45) is 4.99 Å². The molecule has 0 atom stereocenters. The number of guanidine groups is 1. The number of nitrogens with one attached hydrogen (secondary N) is 2. The van der Waals surface area contributed by atoms with Crippen molar-refractivity contribution < 1.29 is 0 Å². The molecule has 146 valence electrons. The summed E-state index contributed by atoms with van der Waals surface area (Å²) in [6, 6.07) is 13.8. The molecular weight excluding hydrogens is 395 g/mol. The third-order valence-corrected chi connectivity index (χ3v) is 4.61. The monoisotopic (exact) mass is 416 g/mol. The summed E-state index contributed by atoms with van der Waals surface area (Å²) in [4.78, 5) is 8.65. The Morgan fingerprint density at radius 2 is 1.96 bits per heavy atom. The molecule has 0 spiro atoms. The van der Waals surface area contributed by atoms with Crippen molar-refractivity contribution in [2.45, 2.75) is 26.6 Å². The molecule has 0 fully saturated rings. The minimum atomic E-state index is 0.564. The maximum absolute atomic E-state index is 6.24. The van der Waals surface area contributed by atoms with E-state index in [2.05, 4.69) is 43.9 Å². The second kappa shape index (κ2) is 10.1. The summed E-state index contributed by atoms with van der Waals surface area (Å²) < 4.78 is 1.80. The largest absolute Gasteiger partial charge is 0.357 e. The van der Waals surface area contributed by atoms with Crippen LogP contribution < -0.4 is 10.6 Å². The smallest absolute Gasteiger partial charge is 0.191 e. The van der Waals surface area contributed by atoms with E-state index in [1.165, 1.54) is 6.33 Å². The lowest BCUT2D eigenvalue weighted by atomic mass is 10.1. The Bertz CT molecular complexity index is 924. The molecule has 0 bridgehead atoms. The Labute approximate surface area is 174 Å². The first kappa shape index (κ1) is 20.2. The molecule has 3 aromatic rings. The van der Waals surface area contributed by atoms with Gasteiger partial charge < -0.3 is 10.6 Å². The van der Waals surface area contributed by atoms with Gasteiger partial charge in [-0.05, 0) is 35.7 Å². The third kappa shape index (κ3) is 5.97. The van der Waals surface area contributed by atoms with Crippen LogP contribution in [0.4, 0.5) is 0 Å². The molecule has 0 aliphatic heterocycles. The number of benzene rings is 2. The van der Waals surface area contributed by atoms with E-state index < -0.39 is 0 Å². The highest BCUT2D eigenvalue weighted by atomic mass is 35.5. The maximum atomic E-state index is 6.24. The molecule has 0 saturated carbocycles. The third-order valence-electron chi connectivity index (χ3n) is 4.03. The summed E-state index contributed by atoms with van der Waals surface area (Å²) in [7, 11) is 0. The molecule has 3 rings (SSSR count). The van der Waals surface area contributed by atoms with Crippen LogP contribution in [0.1, 0.15) is 23.6 Å². The lowest BCUT2D eigenvalue weighted by Gasteiger charge is -2.12. The molecule has 6 nitrogen and oxygen atoms in total. The molecule has 2 aromatic carbocycles. The number of hydrogen-bond donors (Lipinski definition) is 2. The van der Waals surface area contributed by atoms with Gasteiger partial charge in [-0.15, -0.1) is 0 Å². The molecular formula is C20H22Cl2N6. The Hall–Kier alpha value is -2.57. The Morgan fingerprint density at radius 3 is 2.71 bits per heavy atom. The van der Waals surface area contributed by atoms with Gasteiger partial charge in [0, 0.05) is 23.1 Å². The van der Waals surface area contributed by atoms with Gasteiger partial charge in [-0.1, -0.05) is 53.5 Å². The van der Waals surface area contributed by atoms with E-state index in [-0.39, 0.29) is 0 Å². The van der Waals surface area contributed by atoms with Crippen LogP contribution in [0.2, 0.25) is 10.0 Å². The van der Waals surface area contributed by atoms with Crippen molar-refractivity contribution in [3.63, 3.8) is 0 Å². The first-order valence-electron chi connectivity index (χ1n) is 9.00. The lowest BCUT2D eigenvalue weighted by Crippen LogP contribution is -2.36. The first-order valence-corrected chi connectivity index (χ1v) is 9.76. The Morgan fingerprint density at radius 1 is 1.11 bits per heavy atom. The molecule has 0 unspecified atom stereocenters. The van der Waals surface area contributed by atoms with E-state index in [1.54, 1.807) is 17.1 Å².